The summed E-state index contributed by atoms with van der Waals surface area (Å²) in [5.41, 5.74) is 2.79. The highest BCUT2D eigenvalue weighted by atomic mass is 19.1. The van der Waals surface area contributed by atoms with E-state index in [1.165, 1.54) is 0 Å². The van der Waals surface area contributed by atoms with E-state index in [0.717, 1.165) is 30.7 Å². The number of ether oxygens (including phenoxy) is 3. The van der Waals surface area contributed by atoms with Crippen LogP contribution in [0.4, 0.5) is 14.9 Å². The Morgan fingerprint density at radius 3 is 2.62 bits per heavy atom. The lowest BCUT2D eigenvalue weighted by atomic mass is 9.97. The first-order valence-electron chi connectivity index (χ1n) is 14.2. The normalized spacial score (nSPS) is 15.6. The molecule has 1 aliphatic heterocycles. The summed E-state index contributed by atoms with van der Waals surface area (Å²) in [6.07, 6.45) is 1.33. The Hall–Kier alpha value is -4.11. The highest BCUT2D eigenvalue weighted by molar-refractivity contribution is 5.72. The minimum atomic E-state index is -0.945. The molecule has 3 aromatic carbocycles. The van der Waals surface area contributed by atoms with Gasteiger partial charge in [-0.3, -0.25) is 4.79 Å². The van der Waals surface area contributed by atoms with Gasteiger partial charge in [0, 0.05) is 35.5 Å². The van der Waals surface area contributed by atoms with E-state index in [2.05, 4.69) is 10.6 Å². The van der Waals surface area contributed by atoms with E-state index < -0.39 is 29.5 Å². The molecule has 1 fully saturated rings. The smallest absolute Gasteiger partial charge is 0.408 e. The molecular formula is C33H39FN2O6. The standard InChI is InChI=1S/C33H39FN2O6/c1-21(36-32(39)42-33(2,3)4)27-11-7-12-28(31(27)34)24-15-22(16-25(17-24)35-19-26-10-8-14-40-26)20-41-29-13-6-5-9-23(29)18-30(37)38/h5-7,9,11-13,15-17,21,26,35H,8,10,14,18-20H2,1-4H3,(H,36,39)(H,37,38)/t21-,26-/m1/s1. The molecule has 3 aromatic rings. The summed E-state index contributed by atoms with van der Waals surface area (Å²) in [7, 11) is 0. The van der Waals surface area contributed by atoms with Gasteiger partial charge in [0.05, 0.1) is 18.6 Å². The molecule has 3 N–H and O–H groups in total. The fourth-order valence-electron chi connectivity index (χ4n) is 4.85. The number of alkyl carbamates (subject to hydrolysis) is 1. The van der Waals surface area contributed by atoms with Crippen LogP contribution in [0.5, 0.6) is 5.75 Å². The van der Waals surface area contributed by atoms with Crippen molar-refractivity contribution in [3.8, 4) is 16.9 Å². The van der Waals surface area contributed by atoms with Gasteiger partial charge >= 0.3 is 12.1 Å². The maximum absolute atomic E-state index is 16.0. The van der Waals surface area contributed by atoms with Gasteiger partial charge in [-0.25, -0.2) is 9.18 Å². The Bertz CT molecular complexity index is 1400. The molecule has 42 heavy (non-hydrogen) atoms. The molecule has 0 aliphatic carbocycles. The number of amides is 1. The third-order valence-electron chi connectivity index (χ3n) is 6.80. The van der Waals surface area contributed by atoms with Crippen LogP contribution in [0, 0.1) is 5.82 Å². The van der Waals surface area contributed by atoms with Gasteiger partial charge < -0.3 is 30.0 Å². The van der Waals surface area contributed by atoms with Crippen molar-refractivity contribution in [1.29, 1.82) is 0 Å². The third kappa shape index (κ3) is 8.69. The number of para-hydroxylation sites is 1. The molecule has 8 nitrogen and oxygen atoms in total. The fourth-order valence-corrected chi connectivity index (χ4v) is 4.85. The molecule has 4 rings (SSSR count). The number of rotatable bonds is 11. The third-order valence-corrected chi connectivity index (χ3v) is 6.80. The van der Waals surface area contributed by atoms with Gasteiger partial charge in [0.25, 0.3) is 0 Å². The number of halogens is 1. The molecule has 1 aliphatic rings. The molecule has 0 aromatic heterocycles. The SMILES string of the molecule is C[C@@H](NC(=O)OC(C)(C)C)c1cccc(-c2cc(COc3ccccc3CC(=O)O)cc(NC[C@H]3CCCO3)c2)c1F. The summed E-state index contributed by atoms with van der Waals surface area (Å²) < 4.78 is 33.1. The molecule has 0 spiro atoms. The molecule has 1 heterocycles. The largest absolute Gasteiger partial charge is 0.489 e. The zero-order valence-corrected chi connectivity index (χ0v) is 24.5. The minimum absolute atomic E-state index is 0.107. The number of nitrogens with one attached hydrogen (secondary N) is 2. The molecule has 2 atom stereocenters. The van der Waals surface area contributed by atoms with Crippen LogP contribution in [0.25, 0.3) is 11.1 Å². The van der Waals surface area contributed by atoms with Crippen molar-refractivity contribution < 1.29 is 33.3 Å². The number of hydrogen-bond donors (Lipinski definition) is 3. The average Bonchev–Trinajstić information content (AvgIpc) is 3.44. The van der Waals surface area contributed by atoms with E-state index in [1.54, 1.807) is 70.2 Å². The first-order valence-corrected chi connectivity index (χ1v) is 14.2. The highest BCUT2D eigenvalue weighted by Gasteiger charge is 2.22. The van der Waals surface area contributed by atoms with Gasteiger partial charge in [-0.15, -0.1) is 0 Å². The second-order valence-electron chi connectivity index (χ2n) is 11.5. The Balaban J connectivity index is 1.61. The van der Waals surface area contributed by atoms with Crippen LogP contribution in [-0.2, 0) is 27.3 Å². The lowest BCUT2D eigenvalue weighted by Gasteiger charge is -2.22. The second-order valence-corrected chi connectivity index (χ2v) is 11.5. The Labute approximate surface area is 246 Å². The first-order chi connectivity index (χ1) is 20.0. The Morgan fingerprint density at radius 1 is 1.12 bits per heavy atom. The van der Waals surface area contributed by atoms with Gasteiger partial charge in [-0.1, -0.05) is 36.4 Å². The van der Waals surface area contributed by atoms with E-state index in [0.29, 0.717) is 34.5 Å². The van der Waals surface area contributed by atoms with E-state index >= 15 is 4.39 Å². The van der Waals surface area contributed by atoms with Crippen molar-refractivity contribution >= 4 is 17.7 Å². The number of anilines is 1. The van der Waals surface area contributed by atoms with E-state index in [-0.39, 0.29) is 19.1 Å². The molecule has 1 saturated heterocycles. The fraction of sp³-hybridized carbons (Fsp3) is 0.394. The average molecular weight is 579 g/mol. The van der Waals surface area contributed by atoms with Gasteiger partial charge in [0.15, 0.2) is 0 Å². The molecule has 0 radical (unpaired) electrons. The second kappa shape index (κ2) is 13.7. The van der Waals surface area contributed by atoms with Crippen LogP contribution in [-0.4, -0.2) is 42.0 Å². The number of aliphatic carboxylic acids is 1. The van der Waals surface area contributed by atoms with Crippen molar-refractivity contribution in [2.45, 2.75) is 71.3 Å². The summed E-state index contributed by atoms with van der Waals surface area (Å²) >= 11 is 0. The van der Waals surface area contributed by atoms with Gasteiger partial charge in [-0.2, -0.15) is 0 Å². The van der Waals surface area contributed by atoms with Crippen molar-refractivity contribution in [2.24, 2.45) is 0 Å². The van der Waals surface area contributed by atoms with Crippen LogP contribution >= 0.6 is 0 Å². The molecular weight excluding hydrogens is 539 g/mol. The van der Waals surface area contributed by atoms with Crippen LogP contribution < -0.4 is 15.4 Å². The summed E-state index contributed by atoms with van der Waals surface area (Å²) in [5.74, 6) is -0.912. The maximum Gasteiger partial charge on any atom is 0.408 e. The molecule has 0 saturated carbocycles. The van der Waals surface area contributed by atoms with Gasteiger partial charge in [0.2, 0.25) is 0 Å². The minimum Gasteiger partial charge on any atom is -0.489 e. The summed E-state index contributed by atoms with van der Waals surface area (Å²) in [6, 6.07) is 17.2. The van der Waals surface area contributed by atoms with Crippen molar-refractivity contribution in [3.05, 3.63) is 83.2 Å². The number of carbonyl (C=O) groups excluding carboxylic acids is 1. The quantitative estimate of drug-likeness (QED) is 0.228. The van der Waals surface area contributed by atoms with Gasteiger partial charge in [-0.05, 0) is 75.9 Å². The number of hydrogen-bond acceptors (Lipinski definition) is 6. The number of carbonyl (C=O) groups is 2. The van der Waals surface area contributed by atoms with Crippen molar-refractivity contribution in [1.82, 2.24) is 5.32 Å². The Kier molecular flexibility index (Phi) is 10.1. The van der Waals surface area contributed by atoms with Crippen LogP contribution in [0.1, 0.15) is 63.3 Å². The molecule has 0 bridgehead atoms. The summed E-state index contributed by atoms with van der Waals surface area (Å²) in [5, 5.41) is 15.4. The highest BCUT2D eigenvalue weighted by Crippen LogP contribution is 2.32. The molecule has 0 unspecified atom stereocenters. The predicted octanol–water partition coefficient (Wildman–Crippen LogP) is 6.88. The molecule has 224 valence electrons. The van der Waals surface area contributed by atoms with E-state index in [1.807, 2.05) is 18.2 Å². The number of carboxylic acid groups (broad SMARTS) is 1. The first kappa shape index (κ1) is 30.8. The number of benzene rings is 3. The zero-order valence-electron chi connectivity index (χ0n) is 24.5. The Morgan fingerprint density at radius 2 is 1.90 bits per heavy atom. The molecule has 9 heteroatoms. The monoisotopic (exact) mass is 578 g/mol. The van der Waals surface area contributed by atoms with Crippen LogP contribution in [0.2, 0.25) is 0 Å². The van der Waals surface area contributed by atoms with Crippen LogP contribution in [0.15, 0.2) is 60.7 Å². The van der Waals surface area contributed by atoms with Crippen molar-refractivity contribution in [3.63, 3.8) is 0 Å². The zero-order chi connectivity index (χ0) is 30.3. The maximum atomic E-state index is 16.0. The topological polar surface area (TPSA) is 106 Å². The van der Waals surface area contributed by atoms with E-state index in [4.69, 9.17) is 14.2 Å². The van der Waals surface area contributed by atoms with Crippen molar-refractivity contribution in [2.75, 3.05) is 18.5 Å². The van der Waals surface area contributed by atoms with E-state index in [9.17, 15) is 14.7 Å². The summed E-state index contributed by atoms with van der Waals surface area (Å²) in [6.45, 7) is 8.52. The predicted molar refractivity (Wildman–Crippen MR) is 159 cm³/mol. The molecule has 1 amide bonds. The van der Waals surface area contributed by atoms with Gasteiger partial charge in [0.1, 0.15) is 23.8 Å². The summed E-state index contributed by atoms with van der Waals surface area (Å²) in [4.78, 5) is 23.6. The lowest BCUT2D eigenvalue weighted by molar-refractivity contribution is -0.136. The lowest BCUT2D eigenvalue weighted by Crippen LogP contribution is -2.34. The number of carboxylic acids is 1. The van der Waals surface area contributed by atoms with Crippen LogP contribution in [0.3, 0.4) is 0 Å².